The van der Waals surface area contributed by atoms with Gasteiger partial charge in [0.1, 0.15) is 0 Å². The Labute approximate surface area is 180 Å². The minimum atomic E-state index is 0. The van der Waals surface area contributed by atoms with Crippen LogP contribution in [0.15, 0.2) is 0 Å². The summed E-state index contributed by atoms with van der Waals surface area (Å²) in [4.78, 5) is 0. The first-order chi connectivity index (χ1) is 13.2. The van der Waals surface area contributed by atoms with Gasteiger partial charge in [0.15, 0.2) is 0 Å². The van der Waals surface area contributed by atoms with E-state index < -0.39 is 0 Å². The van der Waals surface area contributed by atoms with Gasteiger partial charge in [0.05, 0.1) is 0 Å². The van der Waals surface area contributed by atoms with Crippen molar-refractivity contribution in [2.75, 3.05) is 78.5 Å². The lowest BCUT2D eigenvalue weighted by molar-refractivity contribution is 0.631. The standard InChI is InChI=1S/3C6H17N3.ClH/c3*7-3-1-5-9-6-2-4-8;/h3*9H,1-8H2;1H. The van der Waals surface area contributed by atoms with Crippen LogP contribution in [0.5, 0.6) is 0 Å². The Kier molecular flexibility index (Phi) is 52.2. The van der Waals surface area contributed by atoms with Crippen molar-refractivity contribution in [1.82, 2.24) is 16.0 Å². The minimum absolute atomic E-state index is 0. The van der Waals surface area contributed by atoms with E-state index in [4.69, 9.17) is 34.4 Å². The molecule has 0 radical (unpaired) electrons. The molecule has 28 heavy (non-hydrogen) atoms. The topological polar surface area (TPSA) is 192 Å². The normalized spacial score (nSPS) is 9.64. The molecule has 0 aromatic heterocycles. The Hall–Kier alpha value is -0.0700. The SMILES string of the molecule is Cl.NCCCNCCCN.NCCCNCCCN.NCCCNCCCN. The maximum absolute atomic E-state index is 5.28. The summed E-state index contributed by atoms with van der Waals surface area (Å²) in [6, 6.07) is 0. The quantitative estimate of drug-likeness (QED) is 0.113. The summed E-state index contributed by atoms with van der Waals surface area (Å²) in [6.07, 6.45) is 6.36. The molecular weight excluding hydrogens is 378 g/mol. The number of nitrogens with one attached hydrogen (secondary N) is 3. The number of nitrogens with two attached hydrogens (primary N) is 6. The van der Waals surface area contributed by atoms with Gasteiger partial charge in [-0.05, 0) is 117 Å². The molecule has 176 valence electrons. The summed E-state index contributed by atoms with van der Waals surface area (Å²) in [5.41, 5.74) is 31.7. The van der Waals surface area contributed by atoms with Crippen LogP contribution < -0.4 is 50.4 Å². The van der Waals surface area contributed by atoms with Crippen molar-refractivity contribution in [2.24, 2.45) is 34.4 Å². The van der Waals surface area contributed by atoms with Crippen molar-refractivity contribution in [3.63, 3.8) is 0 Å². The number of halogens is 1. The third kappa shape index (κ3) is 50.1. The molecule has 15 N–H and O–H groups in total. The summed E-state index contributed by atoms with van der Waals surface area (Å²) < 4.78 is 0. The summed E-state index contributed by atoms with van der Waals surface area (Å²) in [5.74, 6) is 0. The molecule has 10 heteroatoms. The van der Waals surface area contributed by atoms with Crippen LogP contribution in [-0.4, -0.2) is 78.5 Å². The van der Waals surface area contributed by atoms with Crippen LogP contribution in [0.2, 0.25) is 0 Å². The monoisotopic (exact) mass is 429 g/mol. The molecule has 0 amide bonds. The predicted octanol–water partition coefficient (Wildman–Crippen LogP) is -1.76. The molecule has 9 nitrogen and oxygen atoms in total. The van der Waals surface area contributed by atoms with Crippen LogP contribution in [0.25, 0.3) is 0 Å². The highest BCUT2D eigenvalue weighted by atomic mass is 35.5. The van der Waals surface area contributed by atoms with Gasteiger partial charge in [-0.15, -0.1) is 12.4 Å². The predicted molar refractivity (Wildman–Crippen MR) is 128 cm³/mol. The van der Waals surface area contributed by atoms with Crippen LogP contribution in [0.1, 0.15) is 38.5 Å². The molecular formula is C18H52ClN9. The van der Waals surface area contributed by atoms with Gasteiger partial charge in [0.25, 0.3) is 0 Å². The zero-order chi connectivity index (χ0) is 20.8. The van der Waals surface area contributed by atoms with E-state index in [0.29, 0.717) is 0 Å². The fourth-order valence-electron chi connectivity index (χ4n) is 1.74. The molecule has 0 saturated heterocycles. The fraction of sp³-hybridized carbons (Fsp3) is 1.00. The lowest BCUT2D eigenvalue weighted by Crippen LogP contribution is -2.21. The Morgan fingerprint density at radius 1 is 0.321 bits per heavy atom. The van der Waals surface area contributed by atoms with Gasteiger partial charge in [-0.1, -0.05) is 0 Å². The van der Waals surface area contributed by atoms with E-state index in [9.17, 15) is 0 Å². The second-order valence-electron chi connectivity index (χ2n) is 6.10. The van der Waals surface area contributed by atoms with Gasteiger partial charge >= 0.3 is 0 Å². The van der Waals surface area contributed by atoms with Crippen molar-refractivity contribution in [2.45, 2.75) is 38.5 Å². The molecule has 0 bridgehead atoms. The summed E-state index contributed by atoms with van der Waals surface area (Å²) >= 11 is 0. The molecule has 0 aliphatic carbocycles. The molecule has 0 aliphatic rings. The molecule has 0 unspecified atom stereocenters. The second kappa shape index (κ2) is 41.3. The first kappa shape index (κ1) is 35.4. The highest BCUT2D eigenvalue weighted by Gasteiger charge is 1.84. The molecule has 0 heterocycles. The smallest absolute Gasteiger partial charge is 0.00369 e. The van der Waals surface area contributed by atoms with Gasteiger partial charge in [-0.25, -0.2) is 0 Å². The van der Waals surface area contributed by atoms with Gasteiger partial charge in [0.2, 0.25) is 0 Å². The van der Waals surface area contributed by atoms with Crippen molar-refractivity contribution in [3.05, 3.63) is 0 Å². The maximum atomic E-state index is 5.28. The summed E-state index contributed by atoms with van der Waals surface area (Å²) in [7, 11) is 0. The number of hydrogen-bond acceptors (Lipinski definition) is 9. The van der Waals surface area contributed by atoms with Crippen LogP contribution in [0, 0.1) is 0 Å². The Morgan fingerprint density at radius 3 is 0.571 bits per heavy atom. The molecule has 0 saturated carbocycles. The van der Waals surface area contributed by atoms with Crippen LogP contribution in [0.4, 0.5) is 0 Å². The maximum Gasteiger partial charge on any atom is -0.00369 e. The third-order valence-electron chi connectivity index (χ3n) is 3.35. The van der Waals surface area contributed by atoms with Crippen molar-refractivity contribution in [3.8, 4) is 0 Å². The number of hydrogen-bond donors (Lipinski definition) is 9. The average Bonchev–Trinajstić information content (AvgIpc) is 2.69. The molecule has 0 aliphatic heterocycles. The fourth-order valence-corrected chi connectivity index (χ4v) is 1.74. The summed E-state index contributed by atoms with van der Waals surface area (Å²) in [6.45, 7) is 10.8. The first-order valence-electron chi connectivity index (χ1n) is 10.6. The highest BCUT2D eigenvalue weighted by molar-refractivity contribution is 5.85. The Balaban J connectivity index is -0.000000152. The van der Waals surface area contributed by atoms with Gasteiger partial charge < -0.3 is 50.4 Å². The minimum Gasteiger partial charge on any atom is -0.330 e. The van der Waals surface area contributed by atoms with Gasteiger partial charge in [-0.3, -0.25) is 0 Å². The zero-order valence-electron chi connectivity index (χ0n) is 18.1. The largest absolute Gasteiger partial charge is 0.330 e. The summed E-state index contributed by atoms with van der Waals surface area (Å²) in [5, 5.41) is 9.68. The molecule has 0 rings (SSSR count). The van der Waals surface area contributed by atoms with Crippen molar-refractivity contribution in [1.29, 1.82) is 0 Å². The van der Waals surface area contributed by atoms with E-state index in [2.05, 4.69) is 16.0 Å². The highest BCUT2D eigenvalue weighted by Crippen LogP contribution is 1.73. The van der Waals surface area contributed by atoms with Crippen molar-refractivity contribution >= 4 is 12.4 Å². The van der Waals surface area contributed by atoms with E-state index in [1.807, 2.05) is 0 Å². The molecule has 0 aromatic rings. The van der Waals surface area contributed by atoms with E-state index >= 15 is 0 Å². The first-order valence-corrected chi connectivity index (χ1v) is 10.6. The van der Waals surface area contributed by atoms with Crippen molar-refractivity contribution < 1.29 is 0 Å². The molecule has 0 atom stereocenters. The number of rotatable bonds is 18. The zero-order valence-corrected chi connectivity index (χ0v) is 18.9. The van der Waals surface area contributed by atoms with E-state index in [1.54, 1.807) is 0 Å². The third-order valence-corrected chi connectivity index (χ3v) is 3.35. The Morgan fingerprint density at radius 2 is 0.464 bits per heavy atom. The second-order valence-corrected chi connectivity index (χ2v) is 6.10. The van der Waals surface area contributed by atoms with Gasteiger partial charge in [-0.2, -0.15) is 0 Å². The van der Waals surface area contributed by atoms with E-state index in [-0.39, 0.29) is 12.4 Å². The molecule has 0 fully saturated rings. The van der Waals surface area contributed by atoms with E-state index in [1.165, 1.54) is 0 Å². The van der Waals surface area contributed by atoms with E-state index in [0.717, 1.165) is 117 Å². The lowest BCUT2D eigenvalue weighted by atomic mass is 10.4. The van der Waals surface area contributed by atoms with Crippen LogP contribution in [-0.2, 0) is 0 Å². The lowest BCUT2D eigenvalue weighted by Gasteiger charge is -2.00. The Bertz CT molecular complexity index is 164. The van der Waals surface area contributed by atoms with Gasteiger partial charge in [0, 0.05) is 0 Å². The molecule has 0 aromatic carbocycles. The van der Waals surface area contributed by atoms with Crippen LogP contribution >= 0.6 is 12.4 Å². The van der Waals surface area contributed by atoms with Crippen LogP contribution in [0.3, 0.4) is 0 Å². The molecule has 0 spiro atoms. The average molecular weight is 430 g/mol.